The van der Waals surface area contributed by atoms with E-state index in [1.807, 2.05) is 30.4 Å². The van der Waals surface area contributed by atoms with Crippen LogP contribution in [0.25, 0.3) is 17.2 Å². The van der Waals surface area contributed by atoms with Crippen molar-refractivity contribution in [2.24, 2.45) is 5.41 Å². The maximum Gasteiger partial charge on any atom is 0.359 e. The fraction of sp³-hybridized carbons (Fsp3) is 0.286. The van der Waals surface area contributed by atoms with Gasteiger partial charge in [-0.15, -0.1) is 0 Å². The summed E-state index contributed by atoms with van der Waals surface area (Å²) in [7, 11) is 0. The number of rotatable bonds is 5. The monoisotopic (exact) mass is 486 g/mol. The zero-order valence-electron chi connectivity index (χ0n) is 20.4. The SMILES string of the molecule is CCOC(=O)c1n[nH]c2c1C(/C=C/c1ccc(-c3cccc(F)c3)cn1)C1=C(CC(C)(C)CC1=O)N2. The van der Waals surface area contributed by atoms with E-state index < -0.39 is 11.9 Å². The number of ketones is 1. The lowest BCUT2D eigenvalue weighted by molar-refractivity contribution is -0.118. The number of esters is 1. The predicted molar refractivity (Wildman–Crippen MR) is 135 cm³/mol. The number of nitrogens with zero attached hydrogens (tertiary/aromatic N) is 2. The number of aromatic amines is 1. The molecule has 36 heavy (non-hydrogen) atoms. The molecule has 0 saturated carbocycles. The number of hydrogen-bond donors (Lipinski definition) is 2. The van der Waals surface area contributed by atoms with Crippen LogP contribution >= 0.6 is 0 Å². The first-order valence-corrected chi connectivity index (χ1v) is 11.9. The number of hydrogen-bond acceptors (Lipinski definition) is 6. The molecule has 7 nitrogen and oxygen atoms in total. The normalized spacial score (nSPS) is 18.6. The fourth-order valence-corrected chi connectivity index (χ4v) is 4.94. The molecule has 2 N–H and O–H groups in total. The van der Waals surface area contributed by atoms with Crippen LogP contribution in [0.1, 0.15) is 61.3 Å². The minimum atomic E-state index is -0.541. The predicted octanol–water partition coefficient (Wildman–Crippen LogP) is 5.65. The van der Waals surface area contributed by atoms with Gasteiger partial charge in [0.25, 0.3) is 0 Å². The zero-order valence-corrected chi connectivity index (χ0v) is 20.4. The van der Waals surface area contributed by atoms with Crippen LogP contribution in [0.2, 0.25) is 0 Å². The lowest BCUT2D eigenvalue weighted by Gasteiger charge is -2.37. The number of aromatic nitrogens is 3. The van der Waals surface area contributed by atoms with Crippen molar-refractivity contribution in [2.45, 2.75) is 39.5 Å². The Balaban J connectivity index is 1.52. The third-order valence-electron chi connectivity index (χ3n) is 6.49. The Labute approximate surface area is 208 Å². The summed E-state index contributed by atoms with van der Waals surface area (Å²) >= 11 is 0. The molecular formula is C28H27FN4O3. The fourth-order valence-electron chi connectivity index (χ4n) is 4.94. The number of benzene rings is 1. The number of nitrogens with one attached hydrogen (secondary N) is 2. The van der Waals surface area contributed by atoms with Crippen molar-refractivity contribution < 1.29 is 18.7 Å². The summed E-state index contributed by atoms with van der Waals surface area (Å²) < 4.78 is 18.8. The first-order valence-electron chi connectivity index (χ1n) is 11.9. The largest absolute Gasteiger partial charge is 0.461 e. The van der Waals surface area contributed by atoms with Crippen molar-refractivity contribution in [3.63, 3.8) is 0 Å². The molecule has 0 saturated heterocycles. The lowest BCUT2D eigenvalue weighted by atomic mass is 9.70. The number of carbonyl (C=O) groups excluding carboxylic acids is 2. The first-order chi connectivity index (χ1) is 17.3. The number of Topliss-reactive ketones (excluding diaryl/α,β-unsaturated/α-hetero) is 1. The molecule has 1 atom stereocenters. The minimum absolute atomic E-state index is 0.0412. The van der Waals surface area contributed by atoms with Crippen LogP contribution in [-0.2, 0) is 9.53 Å². The van der Waals surface area contributed by atoms with Crippen LogP contribution < -0.4 is 5.32 Å². The van der Waals surface area contributed by atoms with Gasteiger partial charge in [0.15, 0.2) is 11.5 Å². The van der Waals surface area contributed by atoms with E-state index in [1.54, 1.807) is 19.2 Å². The molecule has 1 unspecified atom stereocenters. The van der Waals surface area contributed by atoms with Gasteiger partial charge in [0, 0.05) is 40.9 Å². The summed E-state index contributed by atoms with van der Waals surface area (Å²) in [6, 6.07) is 10.1. The molecule has 2 aromatic heterocycles. The Kier molecular flexibility index (Phi) is 6.04. The highest BCUT2D eigenvalue weighted by Crippen LogP contribution is 2.47. The minimum Gasteiger partial charge on any atom is -0.461 e. The molecule has 5 rings (SSSR count). The molecular weight excluding hydrogens is 459 g/mol. The molecule has 0 spiro atoms. The van der Waals surface area contributed by atoms with E-state index in [0.29, 0.717) is 35.5 Å². The highest BCUT2D eigenvalue weighted by molar-refractivity contribution is 6.03. The molecule has 0 radical (unpaired) electrons. The molecule has 2 aliphatic rings. The highest BCUT2D eigenvalue weighted by atomic mass is 19.1. The van der Waals surface area contributed by atoms with Crippen molar-refractivity contribution in [3.05, 3.63) is 82.7 Å². The average molecular weight is 487 g/mol. The summed E-state index contributed by atoms with van der Waals surface area (Å²) in [5.41, 5.74) is 4.26. The number of carbonyl (C=O) groups is 2. The smallest absolute Gasteiger partial charge is 0.359 e. The van der Waals surface area contributed by atoms with Gasteiger partial charge < -0.3 is 10.1 Å². The number of allylic oxidation sites excluding steroid dienone is 3. The number of fused-ring (bicyclic) bond motifs is 1. The molecule has 0 bridgehead atoms. The third kappa shape index (κ3) is 4.46. The molecule has 1 aliphatic heterocycles. The summed E-state index contributed by atoms with van der Waals surface area (Å²) in [6.45, 7) is 6.09. The second kappa shape index (κ2) is 9.18. The second-order valence-electron chi connectivity index (χ2n) is 9.86. The van der Waals surface area contributed by atoms with Crippen LogP contribution in [0, 0.1) is 11.2 Å². The van der Waals surface area contributed by atoms with Gasteiger partial charge in [-0.25, -0.2) is 9.18 Å². The van der Waals surface area contributed by atoms with Gasteiger partial charge in [0.2, 0.25) is 0 Å². The van der Waals surface area contributed by atoms with Gasteiger partial charge >= 0.3 is 5.97 Å². The van der Waals surface area contributed by atoms with Crippen molar-refractivity contribution in [1.29, 1.82) is 0 Å². The van der Waals surface area contributed by atoms with Gasteiger partial charge in [-0.2, -0.15) is 5.10 Å². The standard InChI is InChI=1S/C28H27FN4O3/c1-4-36-27(35)25-24-20(23-21(31-26(24)33-32-25)13-28(2,3)14-22(23)34)11-10-19-9-8-17(15-30-19)16-6-5-7-18(29)12-16/h5-12,15,20H,4,13-14H2,1-3H3,(H2,31,32,33)/b11-10+. The third-order valence-corrected chi connectivity index (χ3v) is 6.49. The summed E-state index contributed by atoms with van der Waals surface area (Å²) in [5.74, 6) is -0.700. The van der Waals surface area contributed by atoms with Gasteiger partial charge in [-0.05, 0) is 48.6 Å². The maximum atomic E-state index is 13.6. The molecule has 0 fully saturated rings. The van der Waals surface area contributed by atoms with Gasteiger partial charge in [-0.1, -0.05) is 38.1 Å². The average Bonchev–Trinajstić information content (AvgIpc) is 3.25. The van der Waals surface area contributed by atoms with Gasteiger partial charge in [0.05, 0.1) is 12.3 Å². The molecule has 1 aliphatic carbocycles. The first kappa shape index (κ1) is 23.7. The Hall–Kier alpha value is -4.07. The summed E-state index contributed by atoms with van der Waals surface area (Å²) in [6.07, 6.45) is 6.51. The number of pyridine rings is 1. The van der Waals surface area contributed by atoms with Gasteiger partial charge in [-0.3, -0.25) is 14.9 Å². The highest BCUT2D eigenvalue weighted by Gasteiger charge is 2.42. The summed E-state index contributed by atoms with van der Waals surface area (Å²) in [5, 5.41) is 10.4. The van der Waals surface area contributed by atoms with Crippen molar-refractivity contribution in [2.75, 3.05) is 11.9 Å². The van der Waals surface area contributed by atoms with Gasteiger partial charge in [0.1, 0.15) is 11.6 Å². The molecule has 8 heteroatoms. The lowest BCUT2D eigenvalue weighted by Crippen LogP contribution is -2.33. The van der Waals surface area contributed by atoms with E-state index in [2.05, 4.69) is 34.3 Å². The Morgan fingerprint density at radius 2 is 2.06 bits per heavy atom. The van der Waals surface area contributed by atoms with E-state index in [9.17, 15) is 14.0 Å². The van der Waals surface area contributed by atoms with E-state index >= 15 is 0 Å². The van der Waals surface area contributed by atoms with Crippen LogP contribution in [0.4, 0.5) is 10.2 Å². The van der Waals surface area contributed by atoms with Crippen molar-refractivity contribution in [1.82, 2.24) is 15.2 Å². The number of halogens is 1. The maximum absolute atomic E-state index is 13.6. The van der Waals surface area contributed by atoms with Crippen LogP contribution in [0.5, 0.6) is 0 Å². The van der Waals surface area contributed by atoms with E-state index in [1.165, 1.54) is 12.1 Å². The van der Waals surface area contributed by atoms with E-state index in [4.69, 9.17) is 4.74 Å². The topological polar surface area (TPSA) is 97.0 Å². The second-order valence-corrected chi connectivity index (χ2v) is 9.86. The van der Waals surface area contributed by atoms with Crippen molar-refractivity contribution in [3.8, 4) is 11.1 Å². The zero-order chi connectivity index (χ0) is 25.4. The number of H-pyrrole nitrogens is 1. The van der Waals surface area contributed by atoms with E-state index in [0.717, 1.165) is 16.8 Å². The molecule has 3 aromatic rings. The summed E-state index contributed by atoms with van der Waals surface area (Å²) in [4.78, 5) is 30.5. The molecule has 0 amide bonds. The number of ether oxygens (including phenoxy) is 1. The number of anilines is 1. The van der Waals surface area contributed by atoms with Crippen LogP contribution in [0.15, 0.2) is 59.9 Å². The van der Waals surface area contributed by atoms with Crippen LogP contribution in [0.3, 0.4) is 0 Å². The Bertz CT molecular complexity index is 1400. The molecule has 3 heterocycles. The molecule has 184 valence electrons. The molecule has 1 aromatic carbocycles. The van der Waals surface area contributed by atoms with E-state index in [-0.39, 0.29) is 29.3 Å². The quantitative estimate of drug-likeness (QED) is 0.452. The van der Waals surface area contributed by atoms with Crippen molar-refractivity contribution >= 4 is 23.6 Å². The van der Waals surface area contributed by atoms with Crippen LogP contribution in [-0.4, -0.2) is 33.5 Å². The Morgan fingerprint density at radius 3 is 2.78 bits per heavy atom. The Morgan fingerprint density at radius 1 is 1.22 bits per heavy atom.